The Labute approximate surface area is 196 Å². The molecule has 3 aromatic heterocycles. The van der Waals surface area contributed by atoms with E-state index in [1.807, 2.05) is 6.07 Å². The zero-order valence-electron chi connectivity index (χ0n) is 18.9. The molecule has 34 heavy (non-hydrogen) atoms. The standard InChI is InChI=1S/C24H28FN7O2/c1-24(34,14-29-18-5-4-17(27)10-18)22(25)21(31-23(33)16-3-2-8-28-13-16)20-7-6-19-9-15(11-26)12-30-32(19)20/h2-3,6-9,12-13,17-18,21-22,29,34H,4-5,10,14,27H2,1H3,(H,31,33)/t17-,18-,21?,22-,24?/m1/s1. The van der Waals surface area contributed by atoms with Crippen LogP contribution in [0, 0.1) is 11.3 Å². The lowest BCUT2D eigenvalue weighted by Crippen LogP contribution is -2.53. The molecule has 1 aliphatic carbocycles. The van der Waals surface area contributed by atoms with E-state index in [-0.39, 0.29) is 24.2 Å². The topological polar surface area (TPSA) is 141 Å². The molecule has 3 aromatic rings. The first-order valence-electron chi connectivity index (χ1n) is 11.2. The fraction of sp³-hybridized carbons (Fsp3) is 0.417. The van der Waals surface area contributed by atoms with Crippen molar-refractivity contribution in [2.75, 3.05) is 6.54 Å². The van der Waals surface area contributed by atoms with Crippen molar-refractivity contribution in [3.8, 4) is 6.07 Å². The summed E-state index contributed by atoms with van der Waals surface area (Å²) >= 11 is 0. The Morgan fingerprint density at radius 2 is 2.24 bits per heavy atom. The number of pyridine rings is 1. The molecular formula is C24H28FN7O2. The summed E-state index contributed by atoms with van der Waals surface area (Å²) < 4.78 is 17.5. The number of carbonyl (C=O) groups is 1. The lowest BCUT2D eigenvalue weighted by molar-refractivity contribution is -0.0360. The molecule has 0 aromatic carbocycles. The van der Waals surface area contributed by atoms with Gasteiger partial charge in [-0.15, -0.1) is 0 Å². The highest BCUT2D eigenvalue weighted by Crippen LogP contribution is 2.30. The normalized spacial score (nSPS) is 21.5. The van der Waals surface area contributed by atoms with Gasteiger partial charge >= 0.3 is 0 Å². The predicted molar refractivity (Wildman–Crippen MR) is 123 cm³/mol. The van der Waals surface area contributed by atoms with Gasteiger partial charge in [0.15, 0.2) is 6.17 Å². The van der Waals surface area contributed by atoms with E-state index in [0.29, 0.717) is 16.8 Å². The molecule has 0 bridgehead atoms. The Balaban J connectivity index is 1.63. The van der Waals surface area contributed by atoms with Crippen molar-refractivity contribution >= 4 is 11.4 Å². The molecular weight excluding hydrogens is 437 g/mol. The maximum Gasteiger partial charge on any atom is 0.253 e. The summed E-state index contributed by atoms with van der Waals surface area (Å²) in [6.45, 7) is 1.39. The Morgan fingerprint density at radius 3 is 2.91 bits per heavy atom. The van der Waals surface area contributed by atoms with Gasteiger partial charge in [-0.2, -0.15) is 10.4 Å². The first kappa shape index (κ1) is 23.8. The van der Waals surface area contributed by atoms with Gasteiger partial charge in [-0.25, -0.2) is 8.91 Å². The number of alkyl halides is 1. The second-order valence-electron chi connectivity index (χ2n) is 9.05. The number of rotatable bonds is 8. The molecule has 1 saturated carbocycles. The quantitative estimate of drug-likeness (QED) is 0.396. The average Bonchev–Trinajstić information content (AvgIpc) is 3.46. The molecule has 0 spiro atoms. The number of aromatic nitrogens is 3. The van der Waals surface area contributed by atoms with Crippen molar-refractivity contribution in [2.45, 2.75) is 56.1 Å². The molecule has 0 radical (unpaired) electrons. The molecule has 4 rings (SSSR count). The summed E-state index contributed by atoms with van der Waals surface area (Å²) in [4.78, 5) is 16.9. The number of nitrogens with two attached hydrogens (primary N) is 1. The number of carbonyl (C=O) groups excluding carboxylic acids is 1. The van der Waals surface area contributed by atoms with Crippen LogP contribution in [-0.4, -0.2) is 56.0 Å². The second kappa shape index (κ2) is 9.85. The van der Waals surface area contributed by atoms with E-state index < -0.39 is 23.7 Å². The van der Waals surface area contributed by atoms with Crippen LogP contribution in [0.4, 0.5) is 4.39 Å². The van der Waals surface area contributed by atoms with Gasteiger partial charge in [-0.05, 0) is 56.5 Å². The summed E-state index contributed by atoms with van der Waals surface area (Å²) in [5, 5.41) is 30.4. The molecule has 0 saturated heterocycles. The maximum atomic E-state index is 16.1. The number of hydrogen-bond donors (Lipinski definition) is 4. The molecule has 10 heteroatoms. The lowest BCUT2D eigenvalue weighted by atomic mass is 9.91. The van der Waals surface area contributed by atoms with Crippen LogP contribution < -0.4 is 16.4 Å². The van der Waals surface area contributed by atoms with Crippen LogP contribution in [-0.2, 0) is 0 Å². The summed E-state index contributed by atoms with van der Waals surface area (Å²) in [6, 6.07) is 9.13. The van der Waals surface area contributed by atoms with Crippen LogP contribution in [0.1, 0.15) is 53.8 Å². The minimum Gasteiger partial charge on any atom is -0.386 e. The van der Waals surface area contributed by atoms with Gasteiger partial charge < -0.3 is 21.5 Å². The fourth-order valence-electron chi connectivity index (χ4n) is 4.34. The fourth-order valence-corrected chi connectivity index (χ4v) is 4.34. The SMILES string of the molecule is CC(O)(CN[C@@H]1CC[C@@H](N)C1)[C@H](F)C(NC(=O)c1cccnc1)c1ccc2cc(C#N)cnn12. The van der Waals surface area contributed by atoms with E-state index in [2.05, 4.69) is 20.7 Å². The molecule has 5 N–H and O–H groups in total. The minimum absolute atomic E-state index is 0.0138. The number of aliphatic hydroxyl groups is 1. The first-order chi connectivity index (χ1) is 16.3. The third kappa shape index (κ3) is 5.07. The van der Waals surface area contributed by atoms with Crippen molar-refractivity contribution in [3.63, 3.8) is 0 Å². The predicted octanol–water partition coefficient (Wildman–Crippen LogP) is 1.63. The maximum absolute atomic E-state index is 16.1. The monoisotopic (exact) mass is 465 g/mol. The summed E-state index contributed by atoms with van der Waals surface area (Å²) in [5.74, 6) is -0.533. The molecule has 1 fully saturated rings. The Morgan fingerprint density at radius 1 is 1.41 bits per heavy atom. The molecule has 0 aliphatic heterocycles. The van der Waals surface area contributed by atoms with Crippen molar-refractivity contribution in [1.82, 2.24) is 25.2 Å². The zero-order chi connectivity index (χ0) is 24.3. The van der Waals surface area contributed by atoms with Crippen LogP contribution in [0.5, 0.6) is 0 Å². The summed E-state index contributed by atoms with van der Waals surface area (Å²) in [6.07, 6.45) is 4.92. The van der Waals surface area contributed by atoms with Gasteiger partial charge in [0.05, 0.1) is 28.5 Å². The van der Waals surface area contributed by atoms with Crippen LogP contribution in [0.2, 0.25) is 0 Å². The van der Waals surface area contributed by atoms with Gasteiger partial charge in [0.25, 0.3) is 5.91 Å². The zero-order valence-corrected chi connectivity index (χ0v) is 18.9. The summed E-state index contributed by atoms with van der Waals surface area (Å²) in [7, 11) is 0. The third-order valence-corrected chi connectivity index (χ3v) is 6.30. The number of halogens is 1. The van der Waals surface area contributed by atoms with Crippen molar-refractivity contribution in [1.29, 1.82) is 5.26 Å². The molecule has 3 heterocycles. The Hall–Kier alpha value is -3.39. The second-order valence-corrected chi connectivity index (χ2v) is 9.05. The number of fused-ring (bicyclic) bond motifs is 1. The highest BCUT2D eigenvalue weighted by molar-refractivity contribution is 5.94. The largest absolute Gasteiger partial charge is 0.386 e. The number of amides is 1. The number of nitrogens with one attached hydrogen (secondary N) is 2. The lowest BCUT2D eigenvalue weighted by Gasteiger charge is -2.34. The van der Waals surface area contributed by atoms with Crippen molar-refractivity contribution < 1.29 is 14.3 Å². The van der Waals surface area contributed by atoms with Gasteiger partial charge in [0, 0.05) is 31.0 Å². The molecule has 1 amide bonds. The average molecular weight is 466 g/mol. The number of nitriles is 1. The van der Waals surface area contributed by atoms with Crippen LogP contribution in [0.25, 0.3) is 5.52 Å². The van der Waals surface area contributed by atoms with E-state index in [1.54, 1.807) is 30.3 Å². The molecule has 178 valence electrons. The van der Waals surface area contributed by atoms with Crippen molar-refractivity contribution in [2.24, 2.45) is 5.73 Å². The molecule has 9 nitrogen and oxygen atoms in total. The summed E-state index contributed by atoms with van der Waals surface area (Å²) in [5.41, 5.74) is 5.68. The first-order valence-corrected chi connectivity index (χ1v) is 11.2. The number of hydrogen-bond acceptors (Lipinski definition) is 7. The van der Waals surface area contributed by atoms with E-state index in [9.17, 15) is 9.90 Å². The third-order valence-electron chi connectivity index (χ3n) is 6.30. The smallest absolute Gasteiger partial charge is 0.253 e. The molecule has 2 unspecified atom stereocenters. The van der Waals surface area contributed by atoms with Gasteiger partial charge in [0.1, 0.15) is 17.7 Å². The van der Waals surface area contributed by atoms with Crippen molar-refractivity contribution in [3.05, 3.63) is 65.7 Å². The molecule has 5 atom stereocenters. The van der Waals surface area contributed by atoms with E-state index in [1.165, 1.54) is 30.0 Å². The van der Waals surface area contributed by atoms with E-state index in [4.69, 9.17) is 11.0 Å². The van der Waals surface area contributed by atoms with E-state index in [0.717, 1.165) is 19.3 Å². The Bertz CT molecular complexity index is 1190. The Kier molecular flexibility index (Phi) is 6.88. The van der Waals surface area contributed by atoms with Crippen LogP contribution >= 0.6 is 0 Å². The van der Waals surface area contributed by atoms with Crippen LogP contribution in [0.3, 0.4) is 0 Å². The number of nitrogens with zero attached hydrogens (tertiary/aromatic N) is 4. The van der Waals surface area contributed by atoms with E-state index >= 15 is 4.39 Å². The molecule has 1 aliphatic rings. The highest BCUT2D eigenvalue weighted by atomic mass is 19.1. The van der Waals surface area contributed by atoms with Gasteiger partial charge in [0.2, 0.25) is 0 Å². The minimum atomic E-state index is -1.88. The van der Waals surface area contributed by atoms with Gasteiger partial charge in [-0.3, -0.25) is 9.78 Å². The highest BCUT2D eigenvalue weighted by Gasteiger charge is 2.41. The van der Waals surface area contributed by atoms with Gasteiger partial charge in [-0.1, -0.05) is 0 Å². The van der Waals surface area contributed by atoms with Crippen LogP contribution in [0.15, 0.2) is 48.9 Å².